The van der Waals surface area contributed by atoms with E-state index in [-0.39, 0.29) is 18.5 Å². The molecule has 0 N–H and O–H groups in total. The summed E-state index contributed by atoms with van der Waals surface area (Å²) in [5.41, 5.74) is 2.42. The third kappa shape index (κ3) is 5.34. The molecule has 6 rings (SSSR count). The number of halogens is 1. The first kappa shape index (κ1) is 24.0. The van der Waals surface area contributed by atoms with Crippen LogP contribution in [0.5, 0.6) is 11.5 Å². The minimum atomic E-state index is -0.297. The molecular weight excluding hydrogens is 473 g/mol. The summed E-state index contributed by atoms with van der Waals surface area (Å²) in [6.07, 6.45) is 8.91. The van der Waals surface area contributed by atoms with Gasteiger partial charge in [0, 0.05) is 36.5 Å². The van der Waals surface area contributed by atoms with Gasteiger partial charge in [0.2, 0.25) is 12.7 Å². The summed E-state index contributed by atoms with van der Waals surface area (Å²) in [6, 6.07) is 10.4. The molecule has 0 aliphatic carbocycles. The van der Waals surface area contributed by atoms with E-state index >= 15 is 0 Å². The fourth-order valence-corrected chi connectivity index (χ4v) is 5.81. The lowest BCUT2D eigenvalue weighted by molar-refractivity contribution is -0.127. The number of fused-ring (bicyclic) bond motifs is 2. The van der Waals surface area contributed by atoms with E-state index in [9.17, 15) is 9.18 Å². The second kappa shape index (κ2) is 10.5. The number of ether oxygens (including phenoxy) is 2. The number of piperidine rings is 2. The molecule has 3 aliphatic rings. The van der Waals surface area contributed by atoms with E-state index < -0.39 is 0 Å². The number of aromatic nitrogens is 1. The fourth-order valence-electron chi connectivity index (χ4n) is 5.81. The van der Waals surface area contributed by atoms with Crippen LogP contribution in [0.4, 0.5) is 4.39 Å². The van der Waals surface area contributed by atoms with Crippen LogP contribution in [0.1, 0.15) is 49.3 Å². The highest BCUT2D eigenvalue weighted by atomic mass is 19.1. The van der Waals surface area contributed by atoms with E-state index in [1.54, 1.807) is 12.1 Å². The Balaban J connectivity index is 0.970. The van der Waals surface area contributed by atoms with Crippen LogP contribution in [0.2, 0.25) is 0 Å². The summed E-state index contributed by atoms with van der Waals surface area (Å²) in [7, 11) is 0. The van der Waals surface area contributed by atoms with Gasteiger partial charge in [-0.25, -0.2) is 4.39 Å². The van der Waals surface area contributed by atoms with Gasteiger partial charge in [-0.2, -0.15) is 0 Å². The van der Waals surface area contributed by atoms with E-state index in [1.165, 1.54) is 18.6 Å². The zero-order chi connectivity index (χ0) is 25.2. The van der Waals surface area contributed by atoms with Crippen molar-refractivity contribution in [3.63, 3.8) is 0 Å². The van der Waals surface area contributed by atoms with Gasteiger partial charge in [-0.05, 0) is 93.6 Å². The molecular formula is C29H32FN3O4. The Kier molecular flexibility index (Phi) is 6.83. The maximum atomic E-state index is 13.5. The van der Waals surface area contributed by atoms with Gasteiger partial charge in [0.05, 0.1) is 5.69 Å². The van der Waals surface area contributed by atoms with Crippen LogP contribution in [0.3, 0.4) is 0 Å². The first-order valence-electron chi connectivity index (χ1n) is 13.3. The van der Waals surface area contributed by atoms with Gasteiger partial charge in [0.1, 0.15) is 5.82 Å². The molecule has 2 saturated heterocycles. The van der Waals surface area contributed by atoms with Crippen molar-refractivity contribution in [3.05, 3.63) is 59.5 Å². The van der Waals surface area contributed by atoms with Crippen molar-refractivity contribution in [2.24, 2.45) is 5.92 Å². The predicted octanol–water partition coefficient (Wildman–Crippen LogP) is 5.22. The summed E-state index contributed by atoms with van der Waals surface area (Å²) in [5, 5.41) is 5.19. The number of carbonyl (C=O) groups is 1. The Morgan fingerprint density at radius 2 is 1.92 bits per heavy atom. The number of rotatable bonds is 6. The molecule has 194 valence electrons. The second-order valence-corrected chi connectivity index (χ2v) is 10.4. The van der Waals surface area contributed by atoms with Gasteiger partial charge < -0.3 is 23.8 Å². The lowest BCUT2D eigenvalue weighted by Crippen LogP contribution is -2.41. The van der Waals surface area contributed by atoms with Crippen molar-refractivity contribution in [3.8, 4) is 11.5 Å². The highest BCUT2D eigenvalue weighted by Crippen LogP contribution is 2.34. The maximum Gasteiger partial charge on any atom is 0.246 e. The molecule has 1 unspecified atom stereocenters. The minimum Gasteiger partial charge on any atom is -0.454 e. The molecule has 8 heteroatoms. The van der Waals surface area contributed by atoms with Crippen molar-refractivity contribution < 1.29 is 23.2 Å². The molecule has 4 heterocycles. The van der Waals surface area contributed by atoms with Crippen LogP contribution in [0.25, 0.3) is 17.0 Å². The largest absolute Gasteiger partial charge is 0.454 e. The zero-order valence-corrected chi connectivity index (χ0v) is 20.9. The van der Waals surface area contributed by atoms with Gasteiger partial charge in [0.25, 0.3) is 0 Å². The Hall–Kier alpha value is -3.39. The molecule has 3 aromatic rings. The Bertz CT molecular complexity index is 1300. The number of nitrogens with zero attached hydrogens (tertiary/aromatic N) is 3. The summed E-state index contributed by atoms with van der Waals surface area (Å²) >= 11 is 0. The molecule has 7 nitrogen and oxygen atoms in total. The molecule has 0 bridgehead atoms. The molecule has 0 saturated carbocycles. The number of benzene rings is 2. The van der Waals surface area contributed by atoms with Crippen molar-refractivity contribution in [2.45, 2.75) is 38.0 Å². The number of hydrogen-bond donors (Lipinski definition) is 0. The normalized spacial score (nSPS) is 20.8. The number of carbonyl (C=O) groups excluding carboxylic acids is 1. The topological polar surface area (TPSA) is 68.0 Å². The second-order valence-electron chi connectivity index (χ2n) is 10.4. The van der Waals surface area contributed by atoms with Gasteiger partial charge in [0.15, 0.2) is 17.1 Å². The van der Waals surface area contributed by atoms with Gasteiger partial charge in [-0.1, -0.05) is 11.2 Å². The third-order valence-corrected chi connectivity index (χ3v) is 7.94. The van der Waals surface area contributed by atoms with E-state index in [4.69, 9.17) is 14.0 Å². The quantitative estimate of drug-likeness (QED) is 0.428. The van der Waals surface area contributed by atoms with Crippen LogP contribution < -0.4 is 9.47 Å². The van der Waals surface area contributed by atoms with Crippen LogP contribution in [-0.4, -0.2) is 60.4 Å². The summed E-state index contributed by atoms with van der Waals surface area (Å²) in [4.78, 5) is 17.4. The van der Waals surface area contributed by atoms with E-state index in [2.05, 4.69) is 10.1 Å². The smallest absolute Gasteiger partial charge is 0.246 e. The first-order valence-corrected chi connectivity index (χ1v) is 13.3. The standard InChI is InChI=1S/C29H32FN3O4/c30-23-5-6-24-26(17-23)37-31-29(24)22-10-14-32(15-11-22)13-9-21-2-1-12-33(18-21)28(34)8-4-20-3-7-25-27(16-20)36-19-35-25/h3-8,16-17,21-22H,1-2,9-15,18-19H2. The van der Waals surface area contributed by atoms with Crippen LogP contribution in [0.15, 0.2) is 47.0 Å². The summed E-state index contributed by atoms with van der Waals surface area (Å²) in [5.74, 6) is 2.12. The molecule has 2 aromatic carbocycles. The summed E-state index contributed by atoms with van der Waals surface area (Å²) < 4.78 is 29.6. The minimum absolute atomic E-state index is 0.0721. The van der Waals surface area contributed by atoms with Crippen molar-refractivity contribution in [1.29, 1.82) is 0 Å². The highest BCUT2D eigenvalue weighted by molar-refractivity contribution is 5.92. The van der Waals surface area contributed by atoms with Crippen molar-refractivity contribution in [1.82, 2.24) is 15.0 Å². The van der Waals surface area contributed by atoms with Crippen LogP contribution >= 0.6 is 0 Å². The average molecular weight is 506 g/mol. The lowest BCUT2D eigenvalue weighted by atomic mass is 9.90. The number of amides is 1. The Morgan fingerprint density at radius 1 is 1.05 bits per heavy atom. The average Bonchev–Trinajstić information content (AvgIpc) is 3.57. The monoisotopic (exact) mass is 505 g/mol. The third-order valence-electron chi connectivity index (χ3n) is 7.94. The van der Waals surface area contributed by atoms with Gasteiger partial charge >= 0.3 is 0 Å². The first-order chi connectivity index (χ1) is 18.1. The molecule has 1 atom stereocenters. The van der Waals surface area contributed by atoms with Crippen LogP contribution in [0, 0.1) is 11.7 Å². The SMILES string of the molecule is O=C(C=Cc1ccc2c(c1)OCO2)N1CCCC(CCN2CCC(c3noc4cc(F)ccc34)CC2)C1. The van der Waals surface area contributed by atoms with E-state index in [0.717, 1.165) is 86.5 Å². The van der Waals surface area contributed by atoms with Gasteiger partial charge in [-0.3, -0.25) is 4.79 Å². The number of likely N-dealkylation sites (tertiary alicyclic amines) is 2. The highest BCUT2D eigenvalue weighted by Gasteiger charge is 2.27. The molecule has 37 heavy (non-hydrogen) atoms. The molecule has 0 radical (unpaired) electrons. The maximum absolute atomic E-state index is 13.5. The van der Waals surface area contributed by atoms with Crippen molar-refractivity contribution in [2.75, 3.05) is 39.5 Å². The molecule has 1 aromatic heterocycles. The summed E-state index contributed by atoms with van der Waals surface area (Å²) in [6.45, 7) is 4.98. The Morgan fingerprint density at radius 3 is 2.81 bits per heavy atom. The van der Waals surface area contributed by atoms with Crippen molar-refractivity contribution >= 4 is 23.0 Å². The van der Waals surface area contributed by atoms with Gasteiger partial charge in [-0.15, -0.1) is 0 Å². The number of hydrogen-bond acceptors (Lipinski definition) is 6. The molecule has 0 spiro atoms. The van der Waals surface area contributed by atoms with Crippen LogP contribution in [-0.2, 0) is 4.79 Å². The Labute approximate surface area is 215 Å². The van der Waals surface area contributed by atoms with E-state index in [0.29, 0.717) is 17.4 Å². The van der Waals surface area contributed by atoms with E-state index in [1.807, 2.05) is 29.2 Å². The molecule has 1 amide bonds. The zero-order valence-electron chi connectivity index (χ0n) is 20.9. The lowest BCUT2D eigenvalue weighted by Gasteiger charge is -2.35. The predicted molar refractivity (Wildman–Crippen MR) is 138 cm³/mol. The molecule has 3 aliphatic heterocycles. The fraction of sp³-hybridized carbons (Fsp3) is 0.448. The molecule has 2 fully saturated rings.